The zero-order chi connectivity index (χ0) is 13.2. The molecule has 4 heteroatoms. The Balaban J connectivity index is 2.50. The highest BCUT2D eigenvalue weighted by molar-refractivity contribution is 5.85. The smallest absolute Gasteiger partial charge is 0.310 e. The monoisotopic (exact) mass is 241 g/mol. The highest BCUT2D eigenvalue weighted by atomic mass is 16.4. The van der Waals surface area contributed by atoms with Crippen molar-refractivity contribution in [1.82, 2.24) is 5.32 Å². The molecule has 0 aromatic heterocycles. The second kappa shape index (κ2) is 5.07. The summed E-state index contributed by atoms with van der Waals surface area (Å²) in [6.45, 7) is 7.47. The lowest BCUT2D eigenvalue weighted by Gasteiger charge is -2.35. The van der Waals surface area contributed by atoms with Crippen molar-refractivity contribution >= 4 is 11.9 Å². The predicted molar refractivity (Wildman–Crippen MR) is 65.5 cm³/mol. The number of carbonyl (C=O) groups is 2. The fourth-order valence-corrected chi connectivity index (χ4v) is 2.16. The highest BCUT2D eigenvalue weighted by Gasteiger charge is 2.39. The SMILES string of the molecule is CC1CC(NC(=O)CC(C)(C(=O)O)C(C)C)C1. The van der Waals surface area contributed by atoms with Gasteiger partial charge in [-0.05, 0) is 31.6 Å². The molecule has 17 heavy (non-hydrogen) atoms. The summed E-state index contributed by atoms with van der Waals surface area (Å²) in [4.78, 5) is 23.0. The maximum Gasteiger partial charge on any atom is 0.310 e. The van der Waals surface area contributed by atoms with Crippen LogP contribution >= 0.6 is 0 Å². The van der Waals surface area contributed by atoms with Crippen LogP contribution in [-0.4, -0.2) is 23.0 Å². The highest BCUT2D eigenvalue weighted by Crippen LogP contribution is 2.32. The molecule has 0 saturated heterocycles. The third kappa shape index (κ3) is 3.20. The molecule has 0 aromatic carbocycles. The van der Waals surface area contributed by atoms with Crippen molar-refractivity contribution in [3.05, 3.63) is 0 Å². The summed E-state index contributed by atoms with van der Waals surface area (Å²) >= 11 is 0. The number of aliphatic carboxylic acids is 1. The molecule has 1 unspecified atom stereocenters. The Morgan fingerprint density at radius 2 is 1.94 bits per heavy atom. The van der Waals surface area contributed by atoms with Crippen molar-refractivity contribution < 1.29 is 14.7 Å². The van der Waals surface area contributed by atoms with Crippen molar-refractivity contribution in [2.24, 2.45) is 17.3 Å². The molecular formula is C13H23NO3. The molecule has 0 bridgehead atoms. The van der Waals surface area contributed by atoms with Gasteiger partial charge in [0.15, 0.2) is 0 Å². The second-order valence-corrected chi connectivity index (χ2v) is 5.90. The molecule has 1 rings (SSSR count). The lowest BCUT2D eigenvalue weighted by atomic mass is 9.75. The largest absolute Gasteiger partial charge is 0.481 e. The first kappa shape index (κ1) is 14.0. The fraction of sp³-hybridized carbons (Fsp3) is 0.846. The van der Waals surface area contributed by atoms with Crippen molar-refractivity contribution in [1.29, 1.82) is 0 Å². The van der Waals surface area contributed by atoms with E-state index in [-0.39, 0.29) is 24.3 Å². The van der Waals surface area contributed by atoms with Gasteiger partial charge in [0.1, 0.15) is 0 Å². The molecule has 1 aliphatic rings. The van der Waals surface area contributed by atoms with E-state index < -0.39 is 11.4 Å². The first-order valence-corrected chi connectivity index (χ1v) is 6.28. The summed E-state index contributed by atoms with van der Waals surface area (Å²) in [7, 11) is 0. The van der Waals surface area contributed by atoms with Crippen LogP contribution < -0.4 is 5.32 Å². The van der Waals surface area contributed by atoms with Crippen LogP contribution in [0.1, 0.15) is 47.0 Å². The second-order valence-electron chi connectivity index (χ2n) is 5.90. The molecule has 1 amide bonds. The Hall–Kier alpha value is -1.06. The lowest BCUT2D eigenvalue weighted by Crippen LogP contribution is -2.46. The molecule has 1 aliphatic carbocycles. The van der Waals surface area contributed by atoms with Gasteiger partial charge in [0, 0.05) is 12.5 Å². The van der Waals surface area contributed by atoms with Crippen molar-refractivity contribution in [3.8, 4) is 0 Å². The molecule has 0 aromatic rings. The minimum atomic E-state index is -0.973. The molecule has 4 nitrogen and oxygen atoms in total. The molecule has 0 spiro atoms. The van der Waals surface area contributed by atoms with Gasteiger partial charge in [-0.15, -0.1) is 0 Å². The number of carboxylic acids is 1. The van der Waals surface area contributed by atoms with Crippen LogP contribution in [0.5, 0.6) is 0 Å². The number of carboxylic acid groups (broad SMARTS) is 1. The molecule has 0 heterocycles. The van der Waals surface area contributed by atoms with Crippen LogP contribution in [0.25, 0.3) is 0 Å². The molecular weight excluding hydrogens is 218 g/mol. The number of nitrogens with one attached hydrogen (secondary N) is 1. The first-order chi connectivity index (χ1) is 7.75. The number of rotatable bonds is 5. The molecule has 2 N–H and O–H groups in total. The van der Waals surface area contributed by atoms with E-state index in [9.17, 15) is 14.7 Å². The van der Waals surface area contributed by atoms with Crippen molar-refractivity contribution in [3.63, 3.8) is 0 Å². The van der Waals surface area contributed by atoms with Crippen LogP contribution in [0.15, 0.2) is 0 Å². The molecule has 1 atom stereocenters. The third-order valence-electron chi connectivity index (χ3n) is 4.03. The van der Waals surface area contributed by atoms with Gasteiger partial charge in [0.05, 0.1) is 5.41 Å². The molecule has 0 aliphatic heterocycles. The van der Waals surface area contributed by atoms with E-state index in [0.29, 0.717) is 5.92 Å². The average Bonchev–Trinajstić information content (AvgIpc) is 2.14. The van der Waals surface area contributed by atoms with Gasteiger partial charge < -0.3 is 10.4 Å². The van der Waals surface area contributed by atoms with Crippen LogP contribution in [0.4, 0.5) is 0 Å². The molecule has 98 valence electrons. The topological polar surface area (TPSA) is 66.4 Å². The van der Waals surface area contributed by atoms with E-state index >= 15 is 0 Å². The summed E-state index contributed by atoms with van der Waals surface area (Å²) in [5.74, 6) is -0.424. The van der Waals surface area contributed by atoms with E-state index in [1.165, 1.54) is 0 Å². The van der Waals surface area contributed by atoms with Gasteiger partial charge in [-0.25, -0.2) is 0 Å². The number of carbonyl (C=O) groups excluding carboxylic acids is 1. The van der Waals surface area contributed by atoms with Crippen LogP contribution in [0.2, 0.25) is 0 Å². The summed E-state index contributed by atoms with van der Waals surface area (Å²) in [6.07, 6.45) is 2.08. The Labute approximate surface area is 103 Å². The maximum absolute atomic E-state index is 11.8. The van der Waals surface area contributed by atoms with Gasteiger partial charge in [0.2, 0.25) is 5.91 Å². The van der Waals surface area contributed by atoms with Gasteiger partial charge >= 0.3 is 5.97 Å². The summed E-state index contributed by atoms with van der Waals surface area (Å²) in [5.41, 5.74) is -0.973. The Kier molecular flexibility index (Phi) is 4.17. The van der Waals surface area contributed by atoms with Crippen molar-refractivity contribution in [2.45, 2.75) is 53.0 Å². The van der Waals surface area contributed by atoms with E-state index in [0.717, 1.165) is 12.8 Å². The third-order valence-corrected chi connectivity index (χ3v) is 4.03. The van der Waals surface area contributed by atoms with E-state index in [2.05, 4.69) is 12.2 Å². The van der Waals surface area contributed by atoms with Crippen LogP contribution in [0.3, 0.4) is 0 Å². The van der Waals surface area contributed by atoms with Crippen LogP contribution in [0, 0.1) is 17.3 Å². The van der Waals surface area contributed by atoms with Gasteiger partial charge in [-0.3, -0.25) is 9.59 Å². The summed E-state index contributed by atoms with van der Waals surface area (Å²) in [6, 6.07) is 0.253. The Morgan fingerprint density at radius 3 is 2.29 bits per heavy atom. The number of hydrogen-bond acceptors (Lipinski definition) is 2. The molecule has 0 radical (unpaired) electrons. The summed E-state index contributed by atoms with van der Waals surface area (Å²) in [5, 5.41) is 12.1. The van der Waals surface area contributed by atoms with E-state index in [1.54, 1.807) is 6.92 Å². The zero-order valence-corrected chi connectivity index (χ0v) is 11.1. The van der Waals surface area contributed by atoms with E-state index in [4.69, 9.17) is 0 Å². The van der Waals surface area contributed by atoms with Crippen molar-refractivity contribution in [2.75, 3.05) is 0 Å². The minimum Gasteiger partial charge on any atom is -0.481 e. The van der Waals surface area contributed by atoms with Gasteiger partial charge in [-0.1, -0.05) is 20.8 Å². The van der Waals surface area contributed by atoms with Gasteiger partial charge in [-0.2, -0.15) is 0 Å². The number of amides is 1. The lowest BCUT2D eigenvalue weighted by molar-refractivity contribution is -0.153. The standard InChI is InChI=1S/C13H23NO3/c1-8(2)13(4,12(16)17)7-11(15)14-10-5-9(3)6-10/h8-10H,5-7H2,1-4H3,(H,14,15)(H,16,17). The minimum absolute atomic E-state index is 0.0604. The quantitative estimate of drug-likeness (QED) is 0.774. The van der Waals surface area contributed by atoms with E-state index in [1.807, 2.05) is 13.8 Å². The fourth-order valence-electron chi connectivity index (χ4n) is 2.16. The Morgan fingerprint density at radius 1 is 1.41 bits per heavy atom. The molecule has 1 fully saturated rings. The van der Waals surface area contributed by atoms with Gasteiger partial charge in [0.25, 0.3) is 0 Å². The number of hydrogen-bond donors (Lipinski definition) is 2. The summed E-state index contributed by atoms with van der Waals surface area (Å²) < 4.78 is 0. The Bertz CT molecular complexity index is 308. The molecule has 1 saturated carbocycles. The normalized spacial score (nSPS) is 27.1. The van der Waals surface area contributed by atoms with Crippen LogP contribution in [-0.2, 0) is 9.59 Å². The average molecular weight is 241 g/mol. The zero-order valence-electron chi connectivity index (χ0n) is 11.1. The predicted octanol–water partition coefficient (Wildman–Crippen LogP) is 2.04. The first-order valence-electron chi connectivity index (χ1n) is 6.28. The maximum atomic E-state index is 11.8.